The minimum Gasteiger partial charge on any atom is -0.270 e. The Morgan fingerprint density at radius 1 is 0.958 bits per heavy atom. The van der Waals surface area contributed by atoms with Gasteiger partial charge in [0.25, 0.3) is 10.1 Å². The predicted molar refractivity (Wildman–Crippen MR) is 94.1 cm³/mol. The SMILES string of the molecule is COS(=O)(=O)c1ccc(-c2cscc2-c2ccc(F)cc2C)cc1. The number of hydrogen-bond donors (Lipinski definition) is 0. The van der Waals surface area contributed by atoms with Gasteiger partial charge in [-0.3, -0.25) is 4.18 Å². The molecule has 0 bridgehead atoms. The Bertz CT molecular complexity index is 974. The van der Waals surface area contributed by atoms with Crippen molar-refractivity contribution in [1.82, 2.24) is 0 Å². The third-order valence-electron chi connectivity index (χ3n) is 3.81. The molecule has 0 saturated heterocycles. The first-order valence-corrected chi connectivity index (χ1v) is 9.51. The lowest BCUT2D eigenvalue weighted by Crippen LogP contribution is -2.02. The summed E-state index contributed by atoms with van der Waals surface area (Å²) in [4.78, 5) is 0.114. The fourth-order valence-corrected chi connectivity index (χ4v) is 4.07. The molecule has 0 atom stereocenters. The molecular formula is C18H15FO3S2. The molecule has 0 radical (unpaired) electrons. The van der Waals surface area contributed by atoms with Crippen LogP contribution >= 0.6 is 11.3 Å². The Balaban J connectivity index is 2.05. The maximum absolute atomic E-state index is 13.3. The van der Waals surface area contributed by atoms with Crippen LogP contribution in [0.4, 0.5) is 4.39 Å². The molecule has 2 aromatic carbocycles. The molecule has 0 amide bonds. The number of halogens is 1. The molecule has 1 aromatic heterocycles. The highest BCUT2D eigenvalue weighted by Crippen LogP contribution is 2.37. The van der Waals surface area contributed by atoms with Gasteiger partial charge in [-0.1, -0.05) is 18.2 Å². The highest BCUT2D eigenvalue weighted by Gasteiger charge is 2.15. The second-order valence-electron chi connectivity index (χ2n) is 5.30. The Kier molecular flexibility index (Phi) is 4.54. The summed E-state index contributed by atoms with van der Waals surface area (Å²) in [6.45, 7) is 1.87. The molecule has 0 fully saturated rings. The molecule has 1 heterocycles. The zero-order chi connectivity index (χ0) is 17.3. The van der Waals surface area contributed by atoms with Crippen LogP contribution in [0.2, 0.25) is 0 Å². The zero-order valence-corrected chi connectivity index (χ0v) is 14.7. The second-order valence-corrected chi connectivity index (χ2v) is 7.76. The summed E-state index contributed by atoms with van der Waals surface area (Å²) in [7, 11) is -2.56. The number of hydrogen-bond acceptors (Lipinski definition) is 4. The van der Waals surface area contributed by atoms with Crippen molar-refractivity contribution in [3.05, 3.63) is 64.6 Å². The Hall–Kier alpha value is -2.02. The third kappa shape index (κ3) is 3.13. The van der Waals surface area contributed by atoms with Crippen LogP contribution in [0, 0.1) is 12.7 Å². The molecule has 6 heteroatoms. The molecule has 0 aliphatic carbocycles. The van der Waals surface area contributed by atoms with E-state index in [9.17, 15) is 12.8 Å². The van der Waals surface area contributed by atoms with E-state index in [-0.39, 0.29) is 10.7 Å². The third-order valence-corrected chi connectivity index (χ3v) is 5.85. The van der Waals surface area contributed by atoms with E-state index in [1.54, 1.807) is 29.5 Å². The maximum Gasteiger partial charge on any atom is 0.296 e. The van der Waals surface area contributed by atoms with Crippen molar-refractivity contribution < 1.29 is 17.0 Å². The minimum absolute atomic E-state index is 0.114. The van der Waals surface area contributed by atoms with Crippen LogP contribution in [-0.4, -0.2) is 15.5 Å². The van der Waals surface area contributed by atoms with E-state index < -0.39 is 10.1 Å². The van der Waals surface area contributed by atoms with Crippen LogP contribution in [-0.2, 0) is 14.3 Å². The predicted octanol–water partition coefficient (Wildman–Crippen LogP) is 4.86. The number of benzene rings is 2. The molecular weight excluding hydrogens is 347 g/mol. The Morgan fingerprint density at radius 3 is 2.25 bits per heavy atom. The highest BCUT2D eigenvalue weighted by atomic mass is 32.2. The van der Waals surface area contributed by atoms with Crippen LogP contribution in [0.3, 0.4) is 0 Å². The second kappa shape index (κ2) is 6.47. The number of rotatable bonds is 4. The smallest absolute Gasteiger partial charge is 0.270 e. The average Bonchev–Trinajstić information content (AvgIpc) is 3.04. The minimum atomic E-state index is -3.70. The molecule has 0 aliphatic rings. The summed E-state index contributed by atoms with van der Waals surface area (Å²) < 4.78 is 41.3. The largest absolute Gasteiger partial charge is 0.296 e. The summed E-state index contributed by atoms with van der Waals surface area (Å²) in [6.07, 6.45) is 0. The van der Waals surface area contributed by atoms with Gasteiger partial charge in [0, 0.05) is 11.1 Å². The van der Waals surface area contributed by atoms with E-state index in [0.29, 0.717) is 0 Å². The topological polar surface area (TPSA) is 43.4 Å². The summed E-state index contributed by atoms with van der Waals surface area (Å²) >= 11 is 1.55. The zero-order valence-electron chi connectivity index (χ0n) is 13.1. The lowest BCUT2D eigenvalue weighted by Gasteiger charge is -2.09. The van der Waals surface area contributed by atoms with Gasteiger partial charge >= 0.3 is 0 Å². The average molecular weight is 362 g/mol. The maximum atomic E-state index is 13.3. The van der Waals surface area contributed by atoms with Crippen LogP contribution in [0.1, 0.15) is 5.56 Å². The first-order chi connectivity index (χ1) is 11.4. The van der Waals surface area contributed by atoms with Gasteiger partial charge in [0.15, 0.2) is 0 Å². The van der Waals surface area contributed by atoms with E-state index >= 15 is 0 Å². The van der Waals surface area contributed by atoms with Crippen molar-refractivity contribution in [3.63, 3.8) is 0 Å². The normalized spacial score (nSPS) is 11.6. The van der Waals surface area contributed by atoms with Crippen molar-refractivity contribution >= 4 is 21.5 Å². The summed E-state index contributed by atoms with van der Waals surface area (Å²) in [5, 5.41) is 4.01. The number of thiophene rings is 1. The molecule has 0 unspecified atom stereocenters. The highest BCUT2D eigenvalue weighted by molar-refractivity contribution is 7.86. The van der Waals surface area contributed by atoms with E-state index in [4.69, 9.17) is 0 Å². The summed E-state index contributed by atoms with van der Waals surface area (Å²) in [5.41, 5.74) is 4.69. The van der Waals surface area contributed by atoms with E-state index in [1.165, 1.54) is 24.3 Å². The van der Waals surface area contributed by atoms with Gasteiger partial charge in [-0.2, -0.15) is 19.8 Å². The van der Waals surface area contributed by atoms with Crippen molar-refractivity contribution in [2.45, 2.75) is 11.8 Å². The van der Waals surface area contributed by atoms with Gasteiger partial charge < -0.3 is 0 Å². The summed E-state index contributed by atoms with van der Waals surface area (Å²) in [5.74, 6) is -0.262. The molecule has 3 aromatic rings. The Labute approximate surface area is 144 Å². The van der Waals surface area contributed by atoms with Gasteiger partial charge in [-0.25, -0.2) is 4.39 Å². The summed E-state index contributed by atoms with van der Waals surface area (Å²) in [6, 6.07) is 11.2. The molecule has 0 saturated carbocycles. The fourth-order valence-electron chi connectivity index (χ4n) is 2.56. The lowest BCUT2D eigenvalue weighted by atomic mass is 9.96. The van der Waals surface area contributed by atoms with Gasteiger partial charge in [0.05, 0.1) is 12.0 Å². The molecule has 124 valence electrons. The van der Waals surface area contributed by atoms with E-state index in [2.05, 4.69) is 4.18 Å². The molecule has 3 rings (SSSR count). The molecule has 0 aliphatic heterocycles. The van der Waals surface area contributed by atoms with Crippen molar-refractivity contribution in [1.29, 1.82) is 0 Å². The Morgan fingerprint density at radius 2 is 1.62 bits per heavy atom. The van der Waals surface area contributed by atoms with E-state index in [0.717, 1.165) is 34.9 Å². The lowest BCUT2D eigenvalue weighted by molar-refractivity contribution is 0.398. The monoisotopic (exact) mass is 362 g/mol. The van der Waals surface area contributed by atoms with Crippen LogP contribution in [0.5, 0.6) is 0 Å². The van der Waals surface area contributed by atoms with Gasteiger partial charge in [-0.05, 0) is 58.6 Å². The first kappa shape index (κ1) is 16.8. The van der Waals surface area contributed by atoms with Crippen LogP contribution in [0.15, 0.2) is 58.1 Å². The van der Waals surface area contributed by atoms with Gasteiger partial charge in [-0.15, -0.1) is 0 Å². The molecule has 0 spiro atoms. The van der Waals surface area contributed by atoms with Crippen molar-refractivity contribution in [2.24, 2.45) is 0 Å². The first-order valence-electron chi connectivity index (χ1n) is 7.16. The quantitative estimate of drug-likeness (QED) is 0.622. The molecule has 24 heavy (non-hydrogen) atoms. The van der Waals surface area contributed by atoms with Crippen molar-refractivity contribution in [3.8, 4) is 22.3 Å². The van der Waals surface area contributed by atoms with Crippen LogP contribution in [0.25, 0.3) is 22.3 Å². The standard InChI is InChI=1S/C18H15FO3S2/c1-12-9-14(19)5-8-16(12)18-11-23-10-17(18)13-3-6-15(7-4-13)24(20,21)22-2/h3-11H,1-2H3. The number of aryl methyl sites for hydroxylation is 1. The van der Waals surface area contributed by atoms with Crippen molar-refractivity contribution in [2.75, 3.05) is 7.11 Å². The molecule has 0 N–H and O–H groups in total. The fraction of sp³-hybridized carbons (Fsp3) is 0.111. The van der Waals surface area contributed by atoms with E-state index in [1.807, 2.05) is 17.7 Å². The van der Waals surface area contributed by atoms with Crippen LogP contribution < -0.4 is 0 Å². The van der Waals surface area contributed by atoms with Gasteiger partial charge in [0.2, 0.25) is 0 Å². The molecule has 3 nitrogen and oxygen atoms in total. The van der Waals surface area contributed by atoms with Gasteiger partial charge in [0.1, 0.15) is 5.82 Å².